The highest BCUT2D eigenvalue weighted by molar-refractivity contribution is 6.30. The molecule has 7 heteroatoms. The Balaban J connectivity index is 1.46. The first-order valence-corrected chi connectivity index (χ1v) is 8.29. The lowest BCUT2D eigenvalue weighted by Crippen LogP contribution is -2.52. The molecule has 0 unspecified atom stereocenters. The van der Waals surface area contributed by atoms with Gasteiger partial charge in [0.15, 0.2) is 5.96 Å². The summed E-state index contributed by atoms with van der Waals surface area (Å²) in [6.45, 7) is 5.19. The van der Waals surface area contributed by atoms with Crippen molar-refractivity contribution in [3.05, 3.63) is 29.3 Å². The van der Waals surface area contributed by atoms with Crippen molar-refractivity contribution < 1.29 is 4.79 Å². The van der Waals surface area contributed by atoms with Gasteiger partial charge in [-0.3, -0.25) is 9.79 Å². The Bertz CT molecular complexity index is 581. The van der Waals surface area contributed by atoms with Crippen molar-refractivity contribution in [2.75, 3.05) is 57.8 Å². The van der Waals surface area contributed by atoms with Crippen LogP contribution < -0.4 is 10.2 Å². The molecule has 0 saturated carbocycles. The Kier molecular flexibility index (Phi) is 4.91. The molecule has 0 bridgehead atoms. The summed E-state index contributed by atoms with van der Waals surface area (Å²) in [5.74, 6) is 0.946. The van der Waals surface area contributed by atoms with Gasteiger partial charge < -0.3 is 20.0 Å². The number of anilines is 1. The molecule has 0 radical (unpaired) electrons. The zero-order valence-corrected chi connectivity index (χ0v) is 14.1. The van der Waals surface area contributed by atoms with Crippen molar-refractivity contribution in [1.82, 2.24) is 15.1 Å². The van der Waals surface area contributed by atoms with E-state index in [2.05, 4.69) is 15.2 Å². The second-order valence-corrected chi connectivity index (χ2v) is 6.26. The molecule has 124 valence electrons. The summed E-state index contributed by atoms with van der Waals surface area (Å²) in [6, 6.07) is 7.85. The number of hydrogen-bond acceptors (Lipinski definition) is 5. The van der Waals surface area contributed by atoms with E-state index in [1.165, 1.54) is 0 Å². The lowest BCUT2D eigenvalue weighted by molar-refractivity contribution is -0.130. The fourth-order valence-corrected chi connectivity index (χ4v) is 2.98. The van der Waals surface area contributed by atoms with Gasteiger partial charge in [0.25, 0.3) is 0 Å². The average molecular weight is 336 g/mol. The molecule has 1 aromatic carbocycles. The number of halogens is 1. The van der Waals surface area contributed by atoms with Gasteiger partial charge in [0, 0.05) is 50.5 Å². The van der Waals surface area contributed by atoms with E-state index in [4.69, 9.17) is 11.6 Å². The second kappa shape index (κ2) is 7.08. The molecule has 6 nitrogen and oxygen atoms in total. The van der Waals surface area contributed by atoms with Gasteiger partial charge in [-0.05, 0) is 24.3 Å². The molecule has 3 rings (SSSR count). The van der Waals surface area contributed by atoms with Crippen LogP contribution in [0.4, 0.5) is 5.69 Å². The molecule has 0 aliphatic carbocycles. The largest absolute Gasteiger partial charge is 0.368 e. The van der Waals surface area contributed by atoms with Crippen molar-refractivity contribution in [1.29, 1.82) is 0 Å². The van der Waals surface area contributed by atoms with Crippen LogP contribution in [0.5, 0.6) is 0 Å². The summed E-state index contributed by atoms with van der Waals surface area (Å²) in [6.07, 6.45) is 0. The predicted molar refractivity (Wildman–Crippen MR) is 93.2 cm³/mol. The number of benzene rings is 1. The highest BCUT2D eigenvalue weighted by Gasteiger charge is 2.22. The topological polar surface area (TPSA) is 51.2 Å². The average Bonchev–Trinajstić information content (AvgIpc) is 2.99. The molecule has 1 fully saturated rings. The number of guanidine groups is 1. The summed E-state index contributed by atoms with van der Waals surface area (Å²) in [5.41, 5.74) is 1.15. The number of piperazine rings is 1. The Morgan fingerprint density at radius 3 is 2.48 bits per heavy atom. The van der Waals surface area contributed by atoms with E-state index in [1.54, 1.807) is 0 Å². The fourth-order valence-electron chi connectivity index (χ4n) is 2.86. The van der Waals surface area contributed by atoms with Crippen LogP contribution in [-0.2, 0) is 4.79 Å². The van der Waals surface area contributed by atoms with E-state index in [-0.39, 0.29) is 5.91 Å². The van der Waals surface area contributed by atoms with Gasteiger partial charge in [-0.1, -0.05) is 11.6 Å². The van der Waals surface area contributed by atoms with Gasteiger partial charge in [0.05, 0.1) is 13.1 Å². The molecule has 0 aromatic heterocycles. The van der Waals surface area contributed by atoms with Gasteiger partial charge >= 0.3 is 0 Å². The summed E-state index contributed by atoms with van der Waals surface area (Å²) in [7, 11) is 1.98. The SMILES string of the molecule is CN1CCN=C1NCC(=O)N1CCN(c2ccc(Cl)cc2)CC1. The van der Waals surface area contributed by atoms with Crippen LogP contribution in [0.25, 0.3) is 0 Å². The Morgan fingerprint density at radius 2 is 1.87 bits per heavy atom. The van der Waals surface area contributed by atoms with Gasteiger partial charge in [-0.15, -0.1) is 0 Å². The number of nitrogens with zero attached hydrogens (tertiary/aromatic N) is 4. The Morgan fingerprint density at radius 1 is 1.17 bits per heavy atom. The van der Waals surface area contributed by atoms with Gasteiger partial charge in [-0.25, -0.2) is 0 Å². The minimum absolute atomic E-state index is 0.128. The number of aliphatic imine (C=N–C) groups is 1. The zero-order chi connectivity index (χ0) is 16.2. The monoisotopic (exact) mass is 335 g/mol. The number of carbonyl (C=O) groups excluding carboxylic acids is 1. The lowest BCUT2D eigenvalue weighted by atomic mass is 10.2. The normalized spacial score (nSPS) is 18.2. The van der Waals surface area contributed by atoms with Gasteiger partial charge in [0.1, 0.15) is 0 Å². The molecule has 2 aliphatic heterocycles. The predicted octanol–water partition coefficient (Wildman–Crippen LogP) is 0.880. The highest BCUT2D eigenvalue weighted by Crippen LogP contribution is 2.19. The van der Waals surface area contributed by atoms with Crippen LogP contribution in [-0.4, -0.2) is 74.5 Å². The van der Waals surface area contributed by atoms with E-state index in [0.29, 0.717) is 6.54 Å². The number of nitrogens with one attached hydrogen (secondary N) is 1. The van der Waals surface area contributed by atoms with E-state index in [9.17, 15) is 4.79 Å². The second-order valence-electron chi connectivity index (χ2n) is 5.82. The van der Waals surface area contributed by atoms with Crippen molar-refractivity contribution in [3.8, 4) is 0 Å². The molecule has 0 spiro atoms. The maximum absolute atomic E-state index is 12.3. The fraction of sp³-hybridized carbons (Fsp3) is 0.500. The van der Waals surface area contributed by atoms with Crippen molar-refractivity contribution in [2.24, 2.45) is 4.99 Å². The Hall–Kier alpha value is -1.95. The smallest absolute Gasteiger partial charge is 0.242 e. The lowest BCUT2D eigenvalue weighted by Gasteiger charge is -2.36. The minimum atomic E-state index is 0.128. The van der Waals surface area contributed by atoms with E-state index in [1.807, 2.05) is 41.1 Å². The van der Waals surface area contributed by atoms with Crippen molar-refractivity contribution in [3.63, 3.8) is 0 Å². The van der Waals surface area contributed by atoms with E-state index in [0.717, 1.165) is 55.9 Å². The molecular formula is C16H22ClN5O. The number of likely N-dealkylation sites (N-methyl/N-ethyl adjacent to an activating group) is 1. The first-order chi connectivity index (χ1) is 11.1. The summed E-state index contributed by atoms with van der Waals surface area (Å²) < 4.78 is 0. The van der Waals surface area contributed by atoms with Gasteiger partial charge in [0.2, 0.25) is 5.91 Å². The number of amides is 1. The summed E-state index contributed by atoms with van der Waals surface area (Å²) in [4.78, 5) is 22.9. The molecule has 2 heterocycles. The number of rotatable bonds is 3. The molecule has 1 N–H and O–H groups in total. The van der Waals surface area contributed by atoms with Crippen LogP contribution in [0.1, 0.15) is 0 Å². The van der Waals surface area contributed by atoms with Crippen LogP contribution in [0.15, 0.2) is 29.3 Å². The van der Waals surface area contributed by atoms with Crippen LogP contribution in [0.3, 0.4) is 0 Å². The molecule has 0 atom stereocenters. The van der Waals surface area contributed by atoms with Crippen LogP contribution in [0.2, 0.25) is 5.02 Å². The van der Waals surface area contributed by atoms with Crippen LogP contribution >= 0.6 is 11.6 Å². The maximum Gasteiger partial charge on any atom is 0.242 e. The number of hydrogen-bond donors (Lipinski definition) is 1. The molecule has 1 saturated heterocycles. The third-order valence-corrected chi connectivity index (χ3v) is 4.53. The highest BCUT2D eigenvalue weighted by atomic mass is 35.5. The molecule has 1 aromatic rings. The summed E-state index contributed by atoms with van der Waals surface area (Å²) >= 11 is 5.92. The third-order valence-electron chi connectivity index (χ3n) is 4.28. The molecule has 2 aliphatic rings. The zero-order valence-electron chi connectivity index (χ0n) is 13.3. The molecule has 1 amide bonds. The van der Waals surface area contributed by atoms with Crippen molar-refractivity contribution >= 4 is 29.2 Å². The minimum Gasteiger partial charge on any atom is -0.368 e. The molecular weight excluding hydrogens is 314 g/mol. The van der Waals surface area contributed by atoms with E-state index < -0.39 is 0 Å². The van der Waals surface area contributed by atoms with Gasteiger partial charge in [-0.2, -0.15) is 0 Å². The standard InChI is InChI=1S/C16H22ClN5O/c1-20-7-6-18-16(20)19-12-15(23)22-10-8-21(9-11-22)14-4-2-13(17)3-5-14/h2-5H,6-12H2,1H3,(H,18,19). The summed E-state index contributed by atoms with van der Waals surface area (Å²) in [5, 5.41) is 3.88. The maximum atomic E-state index is 12.3. The first kappa shape index (κ1) is 15.9. The Labute approximate surface area is 141 Å². The number of carbonyl (C=O) groups is 1. The third kappa shape index (κ3) is 3.88. The van der Waals surface area contributed by atoms with Crippen molar-refractivity contribution in [2.45, 2.75) is 0 Å². The molecule has 23 heavy (non-hydrogen) atoms. The van der Waals surface area contributed by atoms with E-state index >= 15 is 0 Å². The van der Waals surface area contributed by atoms with Crippen LogP contribution in [0, 0.1) is 0 Å². The quantitative estimate of drug-likeness (QED) is 0.891. The first-order valence-electron chi connectivity index (χ1n) is 7.91.